The van der Waals surface area contributed by atoms with Gasteiger partial charge in [-0.15, -0.1) is 0 Å². The molecule has 2 heterocycles. The first-order chi connectivity index (χ1) is 7.19. The molecule has 15 heavy (non-hydrogen) atoms. The first-order valence-electron chi connectivity index (χ1n) is 4.79. The van der Waals surface area contributed by atoms with Gasteiger partial charge < -0.3 is 5.32 Å². The van der Waals surface area contributed by atoms with Crippen molar-refractivity contribution < 1.29 is 0 Å². The molecule has 0 aliphatic carbocycles. The second-order valence-corrected chi connectivity index (χ2v) is 4.05. The summed E-state index contributed by atoms with van der Waals surface area (Å²) in [6.07, 6.45) is 2.80. The SMILES string of the molecule is CCc1nsc(Nc2cn(C)nc2C)n1. The van der Waals surface area contributed by atoms with Gasteiger partial charge in [0.15, 0.2) is 0 Å². The Morgan fingerprint density at radius 2 is 2.33 bits per heavy atom. The minimum atomic E-state index is 0.822. The maximum absolute atomic E-state index is 4.33. The van der Waals surface area contributed by atoms with Crippen LogP contribution >= 0.6 is 11.5 Å². The molecule has 1 N–H and O–H groups in total. The molecular formula is C9H13N5S. The molecule has 0 atom stereocenters. The van der Waals surface area contributed by atoms with Gasteiger partial charge in [0, 0.05) is 31.2 Å². The van der Waals surface area contributed by atoms with Crippen LogP contribution in [0.4, 0.5) is 10.8 Å². The monoisotopic (exact) mass is 223 g/mol. The molecule has 5 nitrogen and oxygen atoms in total. The highest BCUT2D eigenvalue weighted by molar-refractivity contribution is 7.09. The van der Waals surface area contributed by atoms with Crippen molar-refractivity contribution in [2.24, 2.45) is 7.05 Å². The summed E-state index contributed by atoms with van der Waals surface area (Å²) < 4.78 is 5.99. The van der Waals surface area contributed by atoms with E-state index in [4.69, 9.17) is 0 Å². The van der Waals surface area contributed by atoms with Crippen molar-refractivity contribution in [2.45, 2.75) is 20.3 Å². The van der Waals surface area contributed by atoms with Gasteiger partial charge in [0.1, 0.15) is 5.82 Å². The van der Waals surface area contributed by atoms with Gasteiger partial charge in [-0.05, 0) is 6.92 Å². The molecule has 2 aromatic heterocycles. The van der Waals surface area contributed by atoms with Crippen LogP contribution in [0.2, 0.25) is 0 Å². The van der Waals surface area contributed by atoms with Gasteiger partial charge in [0.2, 0.25) is 5.13 Å². The highest BCUT2D eigenvalue weighted by Crippen LogP contribution is 2.20. The Balaban J connectivity index is 2.17. The number of anilines is 2. The van der Waals surface area contributed by atoms with E-state index in [9.17, 15) is 0 Å². The van der Waals surface area contributed by atoms with E-state index in [1.165, 1.54) is 11.5 Å². The van der Waals surface area contributed by atoms with E-state index in [1.54, 1.807) is 4.68 Å². The fourth-order valence-corrected chi connectivity index (χ4v) is 1.95. The zero-order chi connectivity index (χ0) is 10.8. The number of aromatic nitrogens is 4. The zero-order valence-corrected chi connectivity index (χ0v) is 9.80. The van der Waals surface area contributed by atoms with Crippen LogP contribution in [0.3, 0.4) is 0 Å². The maximum atomic E-state index is 4.33. The summed E-state index contributed by atoms with van der Waals surface area (Å²) in [5.74, 6) is 0.879. The summed E-state index contributed by atoms with van der Waals surface area (Å²) in [6, 6.07) is 0. The molecule has 0 amide bonds. The molecule has 0 aliphatic heterocycles. The van der Waals surface area contributed by atoms with Crippen molar-refractivity contribution in [2.75, 3.05) is 5.32 Å². The molecule has 2 rings (SSSR count). The molecule has 0 aromatic carbocycles. The molecule has 0 radical (unpaired) electrons. The molecule has 2 aromatic rings. The highest BCUT2D eigenvalue weighted by Gasteiger charge is 2.06. The summed E-state index contributed by atoms with van der Waals surface area (Å²) in [4.78, 5) is 4.33. The van der Waals surface area contributed by atoms with Gasteiger partial charge in [0.25, 0.3) is 0 Å². The Hall–Kier alpha value is -1.43. The van der Waals surface area contributed by atoms with Gasteiger partial charge in [-0.3, -0.25) is 4.68 Å². The van der Waals surface area contributed by atoms with Gasteiger partial charge >= 0.3 is 0 Å². The fourth-order valence-electron chi connectivity index (χ4n) is 1.29. The quantitative estimate of drug-likeness (QED) is 0.863. The lowest BCUT2D eigenvalue weighted by Crippen LogP contribution is -1.90. The third-order valence-corrected chi connectivity index (χ3v) is 2.71. The average molecular weight is 223 g/mol. The average Bonchev–Trinajstić information content (AvgIpc) is 2.75. The van der Waals surface area contributed by atoms with Gasteiger partial charge in [0.05, 0.1) is 11.4 Å². The number of nitrogens with zero attached hydrogens (tertiary/aromatic N) is 4. The fraction of sp³-hybridized carbons (Fsp3) is 0.444. The standard InChI is InChI=1S/C9H13N5S/c1-4-8-11-9(15-13-8)10-7-5-14(3)12-6(7)2/h5H,4H2,1-3H3,(H,10,11,13). The van der Waals surface area contributed by atoms with E-state index in [1.807, 2.05) is 27.1 Å². The smallest absolute Gasteiger partial charge is 0.207 e. The molecule has 0 saturated carbocycles. The lowest BCUT2D eigenvalue weighted by molar-refractivity contribution is 0.756. The summed E-state index contributed by atoms with van der Waals surface area (Å²) >= 11 is 1.38. The lowest BCUT2D eigenvalue weighted by atomic mass is 10.4. The molecule has 0 aliphatic rings. The minimum absolute atomic E-state index is 0.822. The molecule has 80 valence electrons. The van der Waals surface area contributed by atoms with Crippen molar-refractivity contribution in [3.05, 3.63) is 17.7 Å². The highest BCUT2D eigenvalue weighted by atomic mass is 32.1. The Bertz CT molecular complexity index is 459. The van der Waals surface area contributed by atoms with Crippen molar-refractivity contribution in [1.29, 1.82) is 0 Å². The second kappa shape index (κ2) is 3.98. The Labute approximate surface area is 92.3 Å². The van der Waals surface area contributed by atoms with Crippen LogP contribution in [-0.2, 0) is 13.5 Å². The summed E-state index contributed by atoms with van der Waals surface area (Å²) in [6.45, 7) is 4.01. The third-order valence-electron chi connectivity index (χ3n) is 2.04. The minimum Gasteiger partial charge on any atom is -0.327 e. The summed E-state index contributed by atoms with van der Waals surface area (Å²) in [5.41, 5.74) is 1.95. The molecule has 0 fully saturated rings. The van der Waals surface area contributed by atoms with Crippen LogP contribution in [-0.4, -0.2) is 19.1 Å². The van der Waals surface area contributed by atoms with E-state index in [0.717, 1.165) is 28.8 Å². The number of aryl methyl sites for hydroxylation is 3. The molecule has 0 unspecified atom stereocenters. The predicted molar refractivity (Wildman–Crippen MR) is 60.5 cm³/mol. The van der Waals surface area contributed by atoms with Gasteiger partial charge in [-0.2, -0.15) is 9.47 Å². The van der Waals surface area contributed by atoms with Crippen molar-refractivity contribution >= 4 is 22.4 Å². The number of hydrogen-bond donors (Lipinski definition) is 1. The van der Waals surface area contributed by atoms with E-state index < -0.39 is 0 Å². The summed E-state index contributed by atoms with van der Waals surface area (Å²) in [7, 11) is 1.90. The number of nitrogens with one attached hydrogen (secondary N) is 1. The van der Waals surface area contributed by atoms with Gasteiger partial charge in [-0.25, -0.2) is 4.98 Å². The number of rotatable bonds is 3. The van der Waals surface area contributed by atoms with Crippen molar-refractivity contribution in [3.63, 3.8) is 0 Å². The Morgan fingerprint density at radius 1 is 1.53 bits per heavy atom. The van der Waals surface area contributed by atoms with Crippen LogP contribution in [0, 0.1) is 6.92 Å². The Kier molecular flexibility index (Phi) is 2.68. The van der Waals surface area contributed by atoms with Crippen LogP contribution in [0.5, 0.6) is 0 Å². The van der Waals surface area contributed by atoms with Gasteiger partial charge in [-0.1, -0.05) is 6.92 Å². The predicted octanol–water partition coefficient (Wildman–Crippen LogP) is 1.89. The van der Waals surface area contributed by atoms with E-state index in [0.29, 0.717) is 0 Å². The first-order valence-corrected chi connectivity index (χ1v) is 5.56. The van der Waals surface area contributed by atoms with Crippen LogP contribution in [0.15, 0.2) is 6.20 Å². The summed E-state index contributed by atoms with van der Waals surface area (Å²) in [5, 5.41) is 8.28. The van der Waals surface area contributed by atoms with E-state index >= 15 is 0 Å². The molecule has 6 heteroatoms. The zero-order valence-electron chi connectivity index (χ0n) is 8.98. The normalized spacial score (nSPS) is 10.6. The van der Waals surface area contributed by atoms with Crippen LogP contribution in [0.25, 0.3) is 0 Å². The molecule has 0 spiro atoms. The van der Waals surface area contributed by atoms with Crippen LogP contribution in [0.1, 0.15) is 18.4 Å². The van der Waals surface area contributed by atoms with E-state index in [-0.39, 0.29) is 0 Å². The van der Waals surface area contributed by atoms with Crippen molar-refractivity contribution in [1.82, 2.24) is 19.1 Å². The second-order valence-electron chi connectivity index (χ2n) is 3.30. The maximum Gasteiger partial charge on any atom is 0.207 e. The van der Waals surface area contributed by atoms with Crippen molar-refractivity contribution in [3.8, 4) is 0 Å². The molecular weight excluding hydrogens is 210 g/mol. The third kappa shape index (κ3) is 2.15. The lowest BCUT2D eigenvalue weighted by Gasteiger charge is -1.97. The first kappa shape index (κ1) is 10.1. The largest absolute Gasteiger partial charge is 0.327 e. The number of hydrogen-bond acceptors (Lipinski definition) is 5. The topological polar surface area (TPSA) is 55.6 Å². The molecule has 0 bridgehead atoms. The van der Waals surface area contributed by atoms with Crippen LogP contribution < -0.4 is 5.32 Å². The van der Waals surface area contributed by atoms with E-state index in [2.05, 4.69) is 19.8 Å². The molecule has 0 saturated heterocycles. The Morgan fingerprint density at radius 3 is 2.87 bits per heavy atom.